The Hall–Kier alpha value is -0.870. The summed E-state index contributed by atoms with van der Waals surface area (Å²) < 4.78 is 9.99. The van der Waals surface area contributed by atoms with Gasteiger partial charge in [-0.2, -0.15) is 0 Å². The van der Waals surface area contributed by atoms with Gasteiger partial charge in [0.05, 0.1) is 6.10 Å². The van der Waals surface area contributed by atoms with E-state index in [1.165, 1.54) is 6.92 Å². The third-order valence-corrected chi connectivity index (χ3v) is 2.01. The van der Waals surface area contributed by atoms with Crippen molar-refractivity contribution in [3.63, 3.8) is 0 Å². The van der Waals surface area contributed by atoms with Crippen LogP contribution >= 0.6 is 0 Å². The molecule has 1 N–H and O–H groups in total. The highest BCUT2D eigenvalue weighted by molar-refractivity contribution is 5.67. The fraction of sp³-hybridized carbons (Fsp3) is 0.625. The van der Waals surface area contributed by atoms with Gasteiger partial charge < -0.3 is 14.6 Å². The van der Waals surface area contributed by atoms with Crippen molar-refractivity contribution in [1.82, 2.24) is 0 Å². The number of aliphatic hydroxyl groups excluding tert-OH is 1. The predicted molar refractivity (Wildman–Crippen MR) is 39.1 cm³/mol. The highest BCUT2D eigenvalue weighted by atomic mass is 16.6. The number of esters is 1. The van der Waals surface area contributed by atoms with Crippen LogP contribution in [0.3, 0.4) is 0 Å². The van der Waals surface area contributed by atoms with Gasteiger partial charge in [-0.15, -0.1) is 0 Å². The predicted octanol–water partition coefficient (Wildman–Crippen LogP) is -0.0346. The lowest BCUT2D eigenvalue weighted by Crippen LogP contribution is -2.22. The molecule has 0 radical (unpaired) electrons. The van der Waals surface area contributed by atoms with Gasteiger partial charge in [-0.05, 0) is 12.5 Å². The van der Waals surface area contributed by atoms with Crippen LogP contribution in [0, 0.1) is 0 Å². The molecule has 0 aromatic carbocycles. The highest BCUT2D eigenvalue weighted by Crippen LogP contribution is 2.37. The van der Waals surface area contributed by atoms with Crippen LogP contribution in [0.15, 0.2) is 11.8 Å². The summed E-state index contributed by atoms with van der Waals surface area (Å²) in [7, 11) is 0. The molecule has 0 unspecified atom stereocenters. The van der Waals surface area contributed by atoms with Crippen LogP contribution < -0.4 is 0 Å². The second-order valence-electron chi connectivity index (χ2n) is 3.02. The van der Waals surface area contributed by atoms with Crippen LogP contribution in [-0.4, -0.2) is 29.4 Å². The van der Waals surface area contributed by atoms with E-state index >= 15 is 0 Å². The number of carbonyl (C=O) groups excluding carboxylic acids is 1. The zero-order valence-corrected chi connectivity index (χ0v) is 6.69. The minimum absolute atomic E-state index is 0.149. The number of epoxide rings is 1. The van der Waals surface area contributed by atoms with Crippen molar-refractivity contribution in [2.75, 3.05) is 0 Å². The number of fused-ring (bicyclic) bond motifs is 1. The van der Waals surface area contributed by atoms with E-state index in [-0.39, 0.29) is 18.2 Å². The number of ether oxygens (including phenoxy) is 2. The average Bonchev–Trinajstić information content (AvgIpc) is 2.73. The molecule has 12 heavy (non-hydrogen) atoms. The van der Waals surface area contributed by atoms with Crippen molar-refractivity contribution in [3.8, 4) is 0 Å². The van der Waals surface area contributed by atoms with E-state index in [9.17, 15) is 9.90 Å². The van der Waals surface area contributed by atoms with Crippen molar-refractivity contribution >= 4 is 5.97 Å². The number of carbonyl (C=O) groups is 1. The Morgan fingerprint density at radius 3 is 3.25 bits per heavy atom. The number of rotatable bonds is 1. The van der Waals surface area contributed by atoms with Crippen LogP contribution in [-0.2, 0) is 14.3 Å². The summed E-state index contributed by atoms with van der Waals surface area (Å²) in [5.41, 5.74) is 0. The van der Waals surface area contributed by atoms with E-state index in [1.54, 1.807) is 6.08 Å². The number of hydrogen-bond donors (Lipinski definition) is 1. The van der Waals surface area contributed by atoms with Gasteiger partial charge >= 0.3 is 5.97 Å². The lowest BCUT2D eigenvalue weighted by molar-refractivity contribution is -0.137. The second kappa shape index (κ2) is 2.57. The van der Waals surface area contributed by atoms with Crippen molar-refractivity contribution in [1.29, 1.82) is 0 Å². The molecule has 1 fully saturated rings. The maximum absolute atomic E-state index is 10.6. The Morgan fingerprint density at radius 1 is 1.83 bits per heavy atom. The van der Waals surface area contributed by atoms with Gasteiger partial charge in [0.1, 0.15) is 18.0 Å². The summed E-state index contributed by atoms with van der Waals surface area (Å²) in [6.45, 7) is 1.35. The number of hydrogen-bond acceptors (Lipinski definition) is 4. The van der Waals surface area contributed by atoms with Crippen molar-refractivity contribution in [2.45, 2.75) is 31.7 Å². The standard InChI is InChI=1S/C8H10O4/c1-4(9)11-6-3-2-5(10)7-8(6)12-7/h3,5,7-8,10H,2H2,1H3/t5-,7-,8+/m1/s1. The van der Waals surface area contributed by atoms with E-state index in [0.29, 0.717) is 12.2 Å². The van der Waals surface area contributed by atoms with Gasteiger partial charge in [0.15, 0.2) is 0 Å². The smallest absolute Gasteiger partial charge is 0.307 e. The maximum Gasteiger partial charge on any atom is 0.307 e. The minimum Gasteiger partial charge on any atom is -0.429 e. The van der Waals surface area contributed by atoms with Crippen molar-refractivity contribution in [2.24, 2.45) is 0 Å². The molecule has 1 saturated heterocycles. The molecule has 1 heterocycles. The first kappa shape index (κ1) is 7.76. The molecule has 1 aliphatic carbocycles. The molecule has 3 atom stereocenters. The molecule has 0 aromatic heterocycles. The zero-order chi connectivity index (χ0) is 8.72. The normalized spacial score (nSPS) is 38.2. The fourth-order valence-corrected chi connectivity index (χ4v) is 1.40. The summed E-state index contributed by atoms with van der Waals surface area (Å²) >= 11 is 0. The van der Waals surface area contributed by atoms with Gasteiger partial charge in [-0.1, -0.05) is 0 Å². The van der Waals surface area contributed by atoms with Crippen molar-refractivity contribution < 1.29 is 19.4 Å². The van der Waals surface area contributed by atoms with Gasteiger partial charge in [0, 0.05) is 6.92 Å². The Bertz CT molecular complexity index is 245. The molecule has 4 nitrogen and oxygen atoms in total. The van der Waals surface area contributed by atoms with Gasteiger partial charge in [0.2, 0.25) is 0 Å². The molecule has 2 aliphatic rings. The van der Waals surface area contributed by atoms with Gasteiger partial charge in [-0.25, -0.2) is 0 Å². The Kier molecular flexibility index (Phi) is 1.66. The molecular weight excluding hydrogens is 160 g/mol. The molecule has 4 heteroatoms. The summed E-state index contributed by atoms with van der Waals surface area (Å²) in [6, 6.07) is 0. The molecule has 1 aliphatic heterocycles. The molecule has 0 bridgehead atoms. The topological polar surface area (TPSA) is 59.1 Å². The van der Waals surface area contributed by atoms with E-state index in [2.05, 4.69) is 0 Å². The van der Waals surface area contributed by atoms with Crippen LogP contribution in [0.1, 0.15) is 13.3 Å². The third-order valence-electron chi connectivity index (χ3n) is 2.01. The average molecular weight is 170 g/mol. The van der Waals surface area contributed by atoms with Crippen molar-refractivity contribution in [3.05, 3.63) is 11.8 Å². The summed E-state index contributed by atoms with van der Waals surface area (Å²) in [4.78, 5) is 10.6. The van der Waals surface area contributed by atoms with Crippen LogP contribution in [0.4, 0.5) is 0 Å². The van der Waals surface area contributed by atoms with Crippen LogP contribution in [0.5, 0.6) is 0 Å². The van der Waals surface area contributed by atoms with E-state index < -0.39 is 6.10 Å². The summed E-state index contributed by atoms with van der Waals surface area (Å²) in [6.07, 6.45) is 1.45. The third kappa shape index (κ3) is 1.23. The van der Waals surface area contributed by atoms with Gasteiger partial charge in [0.25, 0.3) is 0 Å². The highest BCUT2D eigenvalue weighted by Gasteiger charge is 2.50. The van der Waals surface area contributed by atoms with E-state index in [1.807, 2.05) is 0 Å². The molecule has 0 saturated carbocycles. The Balaban J connectivity index is 2.03. The molecule has 66 valence electrons. The van der Waals surface area contributed by atoms with Crippen LogP contribution in [0.25, 0.3) is 0 Å². The Morgan fingerprint density at radius 2 is 2.58 bits per heavy atom. The first-order chi connectivity index (χ1) is 5.68. The first-order valence-corrected chi connectivity index (χ1v) is 3.90. The monoisotopic (exact) mass is 170 g/mol. The largest absolute Gasteiger partial charge is 0.429 e. The zero-order valence-electron chi connectivity index (χ0n) is 6.69. The molecule has 0 amide bonds. The van der Waals surface area contributed by atoms with Gasteiger partial charge in [-0.3, -0.25) is 4.79 Å². The Labute approximate surface area is 69.8 Å². The summed E-state index contributed by atoms with van der Waals surface area (Å²) in [5.74, 6) is 0.213. The van der Waals surface area contributed by atoms with E-state index in [0.717, 1.165) is 0 Å². The lowest BCUT2D eigenvalue weighted by Gasteiger charge is -2.11. The summed E-state index contributed by atoms with van der Waals surface area (Å²) in [5, 5.41) is 9.26. The molecule has 0 aromatic rings. The second-order valence-corrected chi connectivity index (χ2v) is 3.02. The quantitative estimate of drug-likeness (QED) is 0.443. The lowest BCUT2D eigenvalue weighted by atomic mass is 10.0. The molecule has 0 spiro atoms. The fourth-order valence-electron chi connectivity index (χ4n) is 1.40. The molecule has 2 rings (SSSR count). The molecular formula is C8H10O4. The van der Waals surface area contributed by atoms with E-state index in [4.69, 9.17) is 9.47 Å². The van der Waals surface area contributed by atoms with Crippen LogP contribution in [0.2, 0.25) is 0 Å². The minimum atomic E-state index is -0.436. The SMILES string of the molecule is CC(=O)OC1=CC[C@@H](O)[C@H]2O[C@@H]12. The maximum atomic E-state index is 10.6. The first-order valence-electron chi connectivity index (χ1n) is 3.90. The number of aliphatic hydroxyl groups is 1.